The van der Waals surface area contributed by atoms with Gasteiger partial charge >= 0.3 is 6.36 Å². The van der Waals surface area contributed by atoms with Gasteiger partial charge in [-0.3, -0.25) is 0 Å². The molecule has 0 aromatic heterocycles. The Kier molecular flexibility index (Phi) is 4.73. The van der Waals surface area contributed by atoms with Gasteiger partial charge in [0, 0.05) is 6.04 Å². The molecule has 1 fully saturated rings. The van der Waals surface area contributed by atoms with Crippen LogP contribution in [0.5, 0.6) is 5.75 Å². The molecule has 0 amide bonds. The van der Waals surface area contributed by atoms with Crippen LogP contribution in [0, 0.1) is 0 Å². The molecule has 3 nitrogen and oxygen atoms in total. The van der Waals surface area contributed by atoms with Crippen molar-refractivity contribution in [2.45, 2.75) is 64.1 Å². The zero-order valence-electron chi connectivity index (χ0n) is 13.0. The summed E-state index contributed by atoms with van der Waals surface area (Å²) in [5, 5.41) is 0. The molecule has 0 unspecified atom stereocenters. The Bertz CT molecular complexity index is 517. The van der Waals surface area contributed by atoms with Crippen LogP contribution < -0.4 is 10.5 Å². The summed E-state index contributed by atoms with van der Waals surface area (Å²) in [6.07, 6.45) is -3.01. The first-order valence-corrected chi connectivity index (χ1v) is 7.30. The van der Waals surface area contributed by atoms with E-state index >= 15 is 0 Å². The van der Waals surface area contributed by atoms with E-state index in [0.29, 0.717) is 5.56 Å². The minimum absolute atomic E-state index is 0.0975. The van der Waals surface area contributed by atoms with Crippen molar-refractivity contribution < 1.29 is 22.6 Å². The van der Waals surface area contributed by atoms with Gasteiger partial charge in [0.15, 0.2) is 0 Å². The van der Waals surface area contributed by atoms with Gasteiger partial charge in [0.25, 0.3) is 0 Å². The zero-order valence-corrected chi connectivity index (χ0v) is 13.0. The number of ether oxygens (including phenoxy) is 2. The third kappa shape index (κ3) is 4.88. The fraction of sp³-hybridized carbons (Fsp3) is 0.625. The predicted octanol–water partition coefficient (Wildman–Crippen LogP) is 3.89. The van der Waals surface area contributed by atoms with Crippen LogP contribution in [0.3, 0.4) is 0 Å². The summed E-state index contributed by atoms with van der Waals surface area (Å²) in [5.41, 5.74) is 6.86. The van der Waals surface area contributed by atoms with Gasteiger partial charge in [-0.15, -0.1) is 13.2 Å². The van der Waals surface area contributed by atoms with Gasteiger partial charge < -0.3 is 15.2 Å². The smallest absolute Gasteiger partial charge is 0.406 e. The molecule has 1 aromatic rings. The molecule has 0 spiro atoms. The van der Waals surface area contributed by atoms with E-state index in [0.717, 1.165) is 18.4 Å². The summed E-state index contributed by atoms with van der Waals surface area (Å²) < 4.78 is 47.1. The Balaban J connectivity index is 2.14. The second-order valence-electron chi connectivity index (χ2n) is 6.83. The Morgan fingerprint density at radius 1 is 1.14 bits per heavy atom. The molecule has 6 heteroatoms. The molecular formula is C16H22F3NO2. The zero-order chi connectivity index (χ0) is 16.5. The van der Waals surface area contributed by atoms with Gasteiger partial charge in [-0.05, 0) is 41.5 Å². The summed E-state index contributed by atoms with van der Waals surface area (Å²) in [4.78, 5) is 0. The molecule has 1 aromatic carbocycles. The monoisotopic (exact) mass is 317 g/mol. The van der Waals surface area contributed by atoms with E-state index < -0.39 is 6.36 Å². The summed E-state index contributed by atoms with van der Waals surface area (Å²) >= 11 is 0. The maximum Gasteiger partial charge on any atom is 0.573 e. The first kappa shape index (κ1) is 17.1. The second kappa shape index (κ2) is 6.08. The average Bonchev–Trinajstić information content (AvgIpc) is 2.29. The van der Waals surface area contributed by atoms with E-state index in [1.807, 2.05) is 26.8 Å². The van der Waals surface area contributed by atoms with E-state index in [1.54, 1.807) is 0 Å². The van der Waals surface area contributed by atoms with Crippen LogP contribution in [0.15, 0.2) is 18.2 Å². The van der Waals surface area contributed by atoms with E-state index in [-0.39, 0.29) is 29.9 Å². The topological polar surface area (TPSA) is 44.5 Å². The maximum absolute atomic E-state index is 12.5. The van der Waals surface area contributed by atoms with Gasteiger partial charge in [-0.25, -0.2) is 0 Å². The molecule has 2 N–H and O–H groups in total. The molecule has 1 aliphatic rings. The van der Waals surface area contributed by atoms with Crippen molar-refractivity contribution in [2.75, 3.05) is 0 Å². The highest BCUT2D eigenvalue weighted by Crippen LogP contribution is 2.31. The van der Waals surface area contributed by atoms with Crippen LogP contribution in [0.4, 0.5) is 13.2 Å². The minimum Gasteiger partial charge on any atom is -0.406 e. The van der Waals surface area contributed by atoms with Gasteiger partial charge in [-0.1, -0.05) is 26.8 Å². The van der Waals surface area contributed by atoms with Gasteiger partial charge in [0.1, 0.15) is 5.75 Å². The molecule has 0 bridgehead atoms. The Labute approximate surface area is 128 Å². The molecular weight excluding hydrogens is 295 g/mol. The van der Waals surface area contributed by atoms with Crippen molar-refractivity contribution in [3.63, 3.8) is 0 Å². The Morgan fingerprint density at radius 2 is 1.77 bits per heavy atom. The third-order valence-corrected chi connectivity index (χ3v) is 3.68. The first-order valence-electron chi connectivity index (χ1n) is 7.30. The molecule has 1 aliphatic carbocycles. The Hall–Kier alpha value is -1.27. The molecule has 1 saturated carbocycles. The summed E-state index contributed by atoms with van der Waals surface area (Å²) in [6, 6.07) is 4.84. The molecule has 0 aliphatic heterocycles. The van der Waals surface area contributed by atoms with Crippen molar-refractivity contribution in [2.24, 2.45) is 5.73 Å². The average molecular weight is 317 g/mol. The van der Waals surface area contributed by atoms with Crippen LogP contribution in [0.1, 0.15) is 44.7 Å². The lowest BCUT2D eigenvalue weighted by Gasteiger charge is -2.32. The third-order valence-electron chi connectivity index (χ3n) is 3.68. The maximum atomic E-state index is 12.5. The van der Waals surface area contributed by atoms with E-state index in [9.17, 15) is 13.2 Å². The van der Waals surface area contributed by atoms with Gasteiger partial charge in [0.05, 0.1) is 12.7 Å². The summed E-state index contributed by atoms with van der Waals surface area (Å²) in [7, 11) is 0. The van der Waals surface area contributed by atoms with Crippen LogP contribution in [-0.4, -0.2) is 18.5 Å². The molecule has 0 saturated heterocycles. The number of hydrogen-bond acceptors (Lipinski definition) is 3. The van der Waals surface area contributed by atoms with Crippen LogP contribution in [-0.2, 0) is 16.8 Å². The van der Waals surface area contributed by atoms with Crippen LogP contribution in [0.25, 0.3) is 0 Å². The number of hydrogen-bond donors (Lipinski definition) is 1. The van der Waals surface area contributed by atoms with Crippen molar-refractivity contribution >= 4 is 0 Å². The van der Waals surface area contributed by atoms with E-state index in [1.165, 1.54) is 12.1 Å². The molecule has 0 radical (unpaired) electrons. The van der Waals surface area contributed by atoms with Crippen molar-refractivity contribution in [1.82, 2.24) is 0 Å². The number of alkyl halides is 3. The molecule has 2 rings (SSSR count). The van der Waals surface area contributed by atoms with Crippen LogP contribution >= 0.6 is 0 Å². The molecule has 0 atom stereocenters. The summed E-state index contributed by atoms with van der Waals surface area (Å²) in [6.45, 7) is 6.08. The van der Waals surface area contributed by atoms with Gasteiger partial charge in [-0.2, -0.15) is 0 Å². The van der Waals surface area contributed by atoms with Crippen LogP contribution in [0.2, 0.25) is 0 Å². The highest BCUT2D eigenvalue weighted by atomic mass is 19.4. The highest BCUT2D eigenvalue weighted by Gasteiger charge is 2.32. The van der Waals surface area contributed by atoms with E-state index in [2.05, 4.69) is 4.74 Å². The first-order chi connectivity index (χ1) is 10.0. The van der Waals surface area contributed by atoms with Crippen molar-refractivity contribution in [3.05, 3.63) is 29.3 Å². The normalized spacial score (nSPS) is 22.3. The van der Waals surface area contributed by atoms with Crippen molar-refractivity contribution in [1.29, 1.82) is 0 Å². The molecule has 124 valence electrons. The number of nitrogens with two attached hydrogens (primary N) is 1. The number of halogens is 3. The summed E-state index contributed by atoms with van der Waals surface area (Å²) in [5.74, 6) is -0.205. The lowest BCUT2D eigenvalue weighted by molar-refractivity contribution is -0.274. The highest BCUT2D eigenvalue weighted by molar-refractivity contribution is 5.37. The number of rotatable bonds is 4. The Morgan fingerprint density at radius 3 is 2.27 bits per heavy atom. The second-order valence-corrected chi connectivity index (χ2v) is 6.83. The lowest BCUT2D eigenvalue weighted by atomic mass is 9.86. The van der Waals surface area contributed by atoms with Crippen molar-refractivity contribution in [3.8, 4) is 5.75 Å². The molecule has 0 heterocycles. The fourth-order valence-corrected chi connectivity index (χ4v) is 2.33. The minimum atomic E-state index is -4.70. The lowest BCUT2D eigenvalue weighted by Crippen LogP contribution is -2.41. The standard InChI is InChI=1S/C16H22F3NO2/c1-15(2,3)11-4-10(9-21-13-7-12(20)8-13)5-14(6-11)22-16(17,18)19/h4-6,12-13H,7-9,20H2,1-3H3. The van der Waals surface area contributed by atoms with E-state index in [4.69, 9.17) is 10.5 Å². The SMILES string of the molecule is CC(C)(C)c1cc(COC2CC(N)C2)cc(OC(F)(F)F)c1. The molecule has 22 heavy (non-hydrogen) atoms. The quantitative estimate of drug-likeness (QED) is 0.916. The van der Waals surface area contributed by atoms with Gasteiger partial charge in [0.2, 0.25) is 0 Å². The largest absolute Gasteiger partial charge is 0.573 e. The number of benzene rings is 1. The predicted molar refractivity (Wildman–Crippen MR) is 77.6 cm³/mol. The fourth-order valence-electron chi connectivity index (χ4n) is 2.33.